The van der Waals surface area contributed by atoms with Gasteiger partial charge in [-0.3, -0.25) is 0 Å². The Balaban J connectivity index is 2.15. The second kappa shape index (κ2) is 7.11. The first-order chi connectivity index (χ1) is 9.74. The summed E-state index contributed by atoms with van der Waals surface area (Å²) in [7, 11) is 1.71. The fourth-order valence-electron chi connectivity index (χ4n) is 2.48. The zero-order valence-electron chi connectivity index (χ0n) is 12.5. The highest BCUT2D eigenvalue weighted by Gasteiger charge is 2.06. The van der Waals surface area contributed by atoms with Crippen molar-refractivity contribution in [3.63, 3.8) is 0 Å². The van der Waals surface area contributed by atoms with E-state index in [0.29, 0.717) is 6.04 Å². The van der Waals surface area contributed by atoms with E-state index in [4.69, 9.17) is 4.74 Å². The molecule has 0 aliphatic rings. The van der Waals surface area contributed by atoms with E-state index in [1.165, 1.54) is 11.1 Å². The molecular formula is C18H23NO. The van der Waals surface area contributed by atoms with Crippen molar-refractivity contribution in [1.29, 1.82) is 0 Å². The van der Waals surface area contributed by atoms with E-state index in [-0.39, 0.29) is 0 Å². The van der Waals surface area contributed by atoms with Crippen LogP contribution >= 0.6 is 0 Å². The van der Waals surface area contributed by atoms with Crippen molar-refractivity contribution in [2.24, 2.45) is 0 Å². The Kier molecular flexibility index (Phi) is 5.19. The molecule has 0 fully saturated rings. The molecule has 2 heteroatoms. The molecule has 1 unspecified atom stereocenters. The van der Waals surface area contributed by atoms with E-state index in [0.717, 1.165) is 24.3 Å². The Morgan fingerprint density at radius 2 is 1.75 bits per heavy atom. The van der Waals surface area contributed by atoms with Gasteiger partial charge in [0.15, 0.2) is 0 Å². The Morgan fingerprint density at radius 1 is 1.05 bits per heavy atom. The summed E-state index contributed by atoms with van der Waals surface area (Å²) >= 11 is 0. The third kappa shape index (κ3) is 3.61. The van der Waals surface area contributed by atoms with Gasteiger partial charge in [0.25, 0.3) is 0 Å². The first kappa shape index (κ1) is 14.6. The van der Waals surface area contributed by atoms with Crippen molar-refractivity contribution < 1.29 is 4.74 Å². The first-order valence-electron chi connectivity index (χ1n) is 7.20. The maximum Gasteiger partial charge on any atom is 0.126 e. The average molecular weight is 269 g/mol. The van der Waals surface area contributed by atoms with Gasteiger partial charge in [-0.1, -0.05) is 49.4 Å². The zero-order valence-corrected chi connectivity index (χ0v) is 12.5. The minimum Gasteiger partial charge on any atom is -0.496 e. The monoisotopic (exact) mass is 269 g/mol. The van der Waals surface area contributed by atoms with Gasteiger partial charge in [0.05, 0.1) is 7.11 Å². The summed E-state index contributed by atoms with van der Waals surface area (Å²) in [6.45, 7) is 5.37. The van der Waals surface area contributed by atoms with Gasteiger partial charge in [-0.05, 0) is 37.1 Å². The van der Waals surface area contributed by atoms with Crippen LogP contribution in [0.3, 0.4) is 0 Å². The Morgan fingerprint density at radius 3 is 2.40 bits per heavy atom. The molecule has 0 saturated heterocycles. The van der Waals surface area contributed by atoms with Crippen LogP contribution in [0.1, 0.15) is 19.4 Å². The molecule has 2 aromatic rings. The highest BCUT2D eigenvalue weighted by molar-refractivity contribution is 5.70. The topological polar surface area (TPSA) is 21.3 Å². The van der Waals surface area contributed by atoms with Crippen LogP contribution in [0.5, 0.6) is 5.75 Å². The van der Waals surface area contributed by atoms with Crippen LogP contribution in [0.15, 0.2) is 48.5 Å². The number of benzene rings is 2. The van der Waals surface area contributed by atoms with Crippen LogP contribution < -0.4 is 10.1 Å². The van der Waals surface area contributed by atoms with E-state index in [9.17, 15) is 0 Å². The molecule has 0 bridgehead atoms. The molecule has 20 heavy (non-hydrogen) atoms. The number of hydrogen-bond acceptors (Lipinski definition) is 2. The summed E-state index contributed by atoms with van der Waals surface area (Å²) in [5.41, 5.74) is 3.70. The van der Waals surface area contributed by atoms with Gasteiger partial charge in [-0.25, -0.2) is 0 Å². The van der Waals surface area contributed by atoms with Gasteiger partial charge in [0.1, 0.15) is 5.75 Å². The van der Waals surface area contributed by atoms with Crippen molar-refractivity contribution in [1.82, 2.24) is 5.32 Å². The highest BCUT2D eigenvalue weighted by atomic mass is 16.5. The Bertz CT molecular complexity index is 533. The van der Waals surface area contributed by atoms with Crippen molar-refractivity contribution >= 4 is 0 Å². The summed E-state index contributed by atoms with van der Waals surface area (Å²) in [4.78, 5) is 0. The molecule has 1 N–H and O–H groups in total. The van der Waals surface area contributed by atoms with E-state index >= 15 is 0 Å². The molecule has 0 aromatic heterocycles. The average Bonchev–Trinajstić information content (AvgIpc) is 2.48. The number of para-hydroxylation sites is 1. The van der Waals surface area contributed by atoms with Gasteiger partial charge in [0, 0.05) is 11.6 Å². The predicted molar refractivity (Wildman–Crippen MR) is 85.3 cm³/mol. The number of likely N-dealkylation sites (N-methyl/N-ethyl adjacent to an activating group) is 1. The van der Waals surface area contributed by atoms with Crippen molar-refractivity contribution in [3.05, 3.63) is 54.1 Å². The molecule has 1 atom stereocenters. The molecule has 2 aromatic carbocycles. The second-order valence-electron chi connectivity index (χ2n) is 5.06. The highest BCUT2D eigenvalue weighted by Crippen LogP contribution is 2.29. The summed E-state index contributed by atoms with van der Waals surface area (Å²) in [5.74, 6) is 0.918. The Hall–Kier alpha value is -1.80. The maximum atomic E-state index is 5.42. The van der Waals surface area contributed by atoms with Crippen LogP contribution in [0.25, 0.3) is 11.1 Å². The molecule has 0 aliphatic carbocycles. The van der Waals surface area contributed by atoms with Gasteiger partial charge in [-0.2, -0.15) is 0 Å². The molecule has 0 spiro atoms. The molecule has 0 aliphatic heterocycles. The summed E-state index contributed by atoms with van der Waals surface area (Å²) < 4.78 is 5.42. The van der Waals surface area contributed by atoms with Crippen LogP contribution in [0, 0.1) is 0 Å². The lowest BCUT2D eigenvalue weighted by atomic mass is 10.0. The summed E-state index contributed by atoms with van der Waals surface area (Å²) in [5, 5.41) is 3.44. The van der Waals surface area contributed by atoms with Gasteiger partial charge >= 0.3 is 0 Å². The fourth-order valence-corrected chi connectivity index (χ4v) is 2.48. The summed E-state index contributed by atoms with van der Waals surface area (Å²) in [6, 6.07) is 17.4. The number of methoxy groups -OCH3 is 1. The van der Waals surface area contributed by atoms with E-state index < -0.39 is 0 Å². The Labute approximate surface area is 121 Å². The molecule has 2 nitrogen and oxygen atoms in total. The largest absolute Gasteiger partial charge is 0.496 e. The molecule has 2 rings (SSSR count). The normalized spacial score (nSPS) is 12.2. The molecular weight excluding hydrogens is 246 g/mol. The van der Waals surface area contributed by atoms with Gasteiger partial charge in [-0.15, -0.1) is 0 Å². The lowest BCUT2D eigenvalue weighted by Gasteiger charge is -2.13. The number of nitrogens with one attached hydrogen (secondary N) is 1. The lowest BCUT2D eigenvalue weighted by molar-refractivity contribution is 0.416. The quantitative estimate of drug-likeness (QED) is 0.858. The molecule has 106 valence electrons. The van der Waals surface area contributed by atoms with Crippen LogP contribution in [0.4, 0.5) is 0 Å². The van der Waals surface area contributed by atoms with Crippen molar-refractivity contribution in [2.75, 3.05) is 13.7 Å². The third-order valence-corrected chi connectivity index (χ3v) is 3.47. The third-order valence-electron chi connectivity index (χ3n) is 3.47. The standard InChI is InChI=1S/C18H23NO/c1-4-19-14(2)13-15-9-11-16(12-10-15)17-7-5-6-8-18(17)20-3/h5-12,14,19H,4,13H2,1-3H3. The number of hydrogen-bond donors (Lipinski definition) is 1. The minimum absolute atomic E-state index is 0.511. The zero-order chi connectivity index (χ0) is 14.4. The second-order valence-corrected chi connectivity index (χ2v) is 5.06. The van der Waals surface area contributed by atoms with E-state index in [1.807, 2.05) is 18.2 Å². The lowest BCUT2D eigenvalue weighted by Crippen LogP contribution is -2.27. The number of rotatable bonds is 6. The maximum absolute atomic E-state index is 5.42. The van der Waals surface area contributed by atoms with Crippen LogP contribution in [0.2, 0.25) is 0 Å². The molecule has 0 radical (unpaired) electrons. The first-order valence-corrected chi connectivity index (χ1v) is 7.20. The fraction of sp³-hybridized carbons (Fsp3) is 0.333. The SMILES string of the molecule is CCNC(C)Cc1ccc(-c2ccccc2OC)cc1. The van der Waals surface area contributed by atoms with Crippen molar-refractivity contribution in [2.45, 2.75) is 26.3 Å². The molecule has 0 heterocycles. The van der Waals surface area contributed by atoms with Crippen LogP contribution in [-0.2, 0) is 6.42 Å². The molecule has 0 saturated carbocycles. The minimum atomic E-state index is 0.511. The van der Waals surface area contributed by atoms with Gasteiger partial charge < -0.3 is 10.1 Å². The van der Waals surface area contributed by atoms with Crippen LogP contribution in [-0.4, -0.2) is 19.7 Å². The van der Waals surface area contributed by atoms with E-state index in [2.05, 4.69) is 49.5 Å². The smallest absolute Gasteiger partial charge is 0.126 e. The number of ether oxygens (including phenoxy) is 1. The van der Waals surface area contributed by atoms with E-state index in [1.54, 1.807) is 7.11 Å². The van der Waals surface area contributed by atoms with Gasteiger partial charge in [0.2, 0.25) is 0 Å². The predicted octanol–water partition coefficient (Wildman–Crippen LogP) is 3.90. The summed E-state index contributed by atoms with van der Waals surface area (Å²) in [6.07, 6.45) is 1.06. The van der Waals surface area contributed by atoms with Crippen molar-refractivity contribution in [3.8, 4) is 16.9 Å². The molecule has 0 amide bonds.